The fourth-order valence-electron chi connectivity index (χ4n) is 1.93. The minimum atomic E-state index is -0.732. The first-order chi connectivity index (χ1) is 10.1. The molecule has 21 heavy (non-hydrogen) atoms. The molecule has 0 saturated heterocycles. The Hall–Kier alpha value is -1.88. The lowest BCUT2D eigenvalue weighted by atomic mass is 10.2. The Bertz CT molecular complexity index is 577. The van der Waals surface area contributed by atoms with E-state index in [0.29, 0.717) is 13.0 Å². The summed E-state index contributed by atoms with van der Waals surface area (Å²) in [6, 6.07) is 7.92. The van der Waals surface area contributed by atoms with Gasteiger partial charge in [-0.05, 0) is 50.5 Å². The summed E-state index contributed by atoms with van der Waals surface area (Å²) in [5.74, 6) is 0.106. The molecule has 2 rings (SSSR count). The predicted molar refractivity (Wildman–Crippen MR) is 83.9 cm³/mol. The van der Waals surface area contributed by atoms with Gasteiger partial charge in [0.05, 0.1) is 6.61 Å². The first-order valence-electron chi connectivity index (χ1n) is 7.02. The number of thiazole rings is 1. The summed E-state index contributed by atoms with van der Waals surface area (Å²) in [5.41, 5.74) is 2.14. The van der Waals surface area contributed by atoms with E-state index >= 15 is 0 Å². The van der Waals surface area contributed by atoms with Gasteiger partial charge in [0.15, 0.2) is 0 Å². The molecule has 1 aromatic heterocycles. The number of hydrogen-bond donors (Lipinski definition) is 1. The highest BCUT2D eigenvalue weighted by Crippen LogP contribution is 2.25. The Morgan fingerprint density at radius 2 is 2.00 bits per heavy atom. The van der Waals surface area contributed by atoms with Crippen molar-refractivity contribution < 1.29 is 14.6 Å². The number of aryl methyl sites for hydroxylation is 1. The summed E-state index contributed by atoms with van der Waals surface area (Å²) >= 11 is 1.64. The Morgan fingerprint density at radius 3 is 2.62 bits per heavy atom. The predicted octanol–water partition coefficient (Wildman–Crippen LogP) is 4.14. The van der Waals surface area contributed by atoms with Gasteiger partial charge in [-0.25, -0.2) is 4.98 Å². The topological polar surface area (TPSA) is 59.4 Å². The fraction of sp³-hybridized carbons (Fsp3) is 0.375. The number of carbonyl (C=O) groups is 1. The van der Waals surface area contributed by atoms with Crippen LogP contribution < -0.4 is 4.74 Å². The van der Waals surface area contributed by atoms with E-state index in [1.165, 1.54) is 0 Å². The van der Waals surface area contributed by atoms with Crippen LogP contribution in [0, 0.1) is 6.92 Å². The molecule has 0 amide bonds. The van der Waals surface area contributed by atoms with Crippen LogP contribution in [0.5, 0.6) is 5.75 Å². The van der Waals surface area contributed by atoms with E-state index in [2.05, 4.69) is 4.98 Å². The third-order valence-electron chi connectivity index (χ3n) is 3.02. The highest BCUT2D eigenvalue weighted by atomic mass is 32.1. The van der Waals surface area contributed by atoms with Gasteiger partial charge in [-0.3, -0.25) is 4.79 Å². The molecule has 2 aromatic rings. The van der Waals surface area contributed by atoms with Crippen LogP contribution in [0.4, 0.5) is 0 Å². The SMILES string of the molecule is Cc1csc(-c2ccc(OCCCCCC(=O)O)cc2)n1. The van der Waals surface area contributed by atoms with Crippen LogP contribution in [-0.2, 0) is 4.79 Å². The third kappa shape index (κ3) is 5.19. The van der Waals surface area contributed by atoms with Crippen molar-refractivity contribution in [1.82, 2.24) is 4.98 Å². The Kier molecular flexibility index (Phi) is 5.75. The summed E-state index contributed by atoms with van der Waals surface area (Å²) in [4.78, 5) is 14.8. The maximum Gasteiger partial charge on any atom is 0.303 e. The van der Waals surface area contributed by atoms with Gasteiger partial charge < -0.3 is 9.84 Å². The highest BCUT2D eigenvalue weighted by Gasteiger charge is 2.03. The maximum atomic E-state index is 10.4. The van der Waals surface area contributed by atoms with Crippen LogP contribution in [0.3, 0.4) is 0 Å². The molecule has 1 aromatic carbocycles. The van der Waals surface area contributed by atoms with E-state index < -0.39 is 5.97 Å². The second-order valence-corrected chi connectivity index (χ2v) is 5.73. The molecular formula is C16H19NO3S. The number of nitrogens with zero attached hydrogens (tertiary/aromatic N) is 1. The van der Waals surface area contributed by atoms with E-state index in [1.807, 2.05) is 36.6 Å². The average Bonchev–Trinajstić information content (AvgIpc) is 2.90. The zero-order valence-corrected chi connectivity index (χ0v) is 12.9. The molecule has 1 heterocycles. The van der Waals surface area contributed by atoms with E-state index in [-0.39, 0.29) is 6.42 Å². The molecule has 4 nitrogen and oxygen atoms in total. The number of rotatable bonds is 8. The fourth-order valence-corrected chi connectivity index (χ4v) is 2.73. The van der Waals surface area contributed by atoms with Gasteiger partial charge in [-0.1, -0.05) is 0 Å². The third-order valence-corrected chi connectivity index (χ3v) is 4.03. The van der Waals surface area contributed by atoms with Crippen LogP contribution >= 0.6 is 11.3 Å². The normalized spacial score (nSPS) is 10.5. The molecule has 0 fully saturated rings. The van der Waals surface area contributed by atoms with E-state index in [1.54, 1.807) is 11.3 Å². The van der Waals surface area contributed by atoms with Crippen molar-refractivity contribution in [2.45, 2.75) is 32.6 Å². The Morgan fingerprint density at radius 1 is 1.24 bits per heavy atom. The number of carboxylic acids is 1. The zero-order valence-electron chi connectivity index (χ0n) is 12.0. The number of aliphatic carboxylic acids is 1. The van der Waals surface area contributed by atoms with Crippen molar-refractivity contribution >= 4 is 17.3 Å². The molecule has 0 aliphatic carbocycles. The minimum absolute atomic E-state index is 0.238. The standard InChI is InChI=1S/C16H19NO3S/c1-12-11-21-16(17-12)13-6-8-14(9-7-13)20-10-4-2-3-5-15(18)19/h6-9,11H,2-5,10H2,1H3,(H,18,19). The largest absolute Gasteiger partial charge is 0.494 e. The number of unbranched alkanes of at least 4 members (excludes halogenated alkanes) is 2. The molecule has 0 unspecified atom stereocenters. The smallest absolute Gasteiger partial charge is 0.303 e. The van der Waals surface area contributed by atoms with Gasteiger partial charge in [-0.2, -0.15) is 0 Å². The maximum absolute atomic E-state index is 10.4. The summed E-state index contributed by atoms with van der Waals surface area (Å²) in [5, 5.41) is 11.6. The monoisotopic (exact) mass is 305 g/mol. The second-order valence-electron chi connectivity index (χ2n) is 4.87. The van der Waals surface area contributed by atoms with Crippen molar-refractivity contribution in [1.29, 1.82) is 0 Å². The van der Waals surface area contributed by atoms with Gasteiger partial charge in [0.2, 0.25) is 0 Å². The molecule has 1 N–H and O–H groups in total. The summed E-state index contributed by atoms with van der Waals surface area (Å²) in [6.45, 7) is 2.61. The van der Waals surface area contributed by atoms with E-state index in [9.17, 15) is 4.79 Å². The molecule has 0 bridgehead atoms. The number of ether oxygens (including phenoxy) is 1. The Labute approximate surface area is 128 Å². The molecule has 5 heteroatoms. The van der Waals surface area contributed by atoms with Gasteiger partial charge in [0, 0.05) is 23.1 Å². The molecule has 112 valence electrons. The molecule has 0 saturated carbocycles. The molecule has 0 atom stereocenters. The Balaban J connectivity index is 1.74. The zero-order chi connectivity index (χ0) is 15.1. The summed E-state index contributed by atoms with van der Waals surface area (Å²) in [6.07, 6.45) is 2.70. The number of benzene rings is 1. The van der Waals surface area contributed by atoms with E-state index in [0.717, 1.165) is 34.9 Å². The molecular weight excluding hydrogens is 286 g/mol. The van der Waals surface area contributed by atoms with Crippen molar-refractivity contribution in [2.75, 3.05) is 6.61 Å². The lowest BCUT2D eigenvalue weighted by Crippen LogP contribution is -1.99. The van der Waals surface area contributed by atoms with Crippen molar-refractivity contribution in [3.8, 4) is 16.3 Å². The van der Waals surface area contributed by atoms with Crippen LogP contribution in [0.2, 0.25) is 0 Å². The van der Waals surface area contributed by atoms with Crippen molar-refractivity contribution in [3.05, 3.63) is 35.3 Å². The van der Waals surface area contributed by atoms with Crippen molar-refractivity contribution in [2.24, 2.45) is 0 Å². The molecule has 0 spiro atoms. The number of carboxylic acid groups (broad SMARTS) is 1. The molecule has 0 aliphatic rings. The first-order valence-corrected chi connectivity index (χ1v) is 7.90. The van der Waals surface area contributed by atoms with Gasteiger partial charge >= 0.3 is 5.97 Å². The van der Waals surface area contributed by atoms with Crippen LogP contribution in [0.15, 0.2) is 29.6 Å². The van der Waals surface area contributed by atoms with E-state index in [4.69, 9.17) is 9.84 Å². The summed E-state index contributed by atoms with van der Waals surface area (Å²) in [7, 11) is 0. The lowest BCUT2D eigenvalue weighted by Gasteiger charge is -2.06. The van der Waals surface area contributed by atoms with Gasteiger partial charge in [0.25, 0.3) is 0 Å². The molecule has 0 aliphatic heterocycles. The quantitative estimate of drug-likeness (QED) is 0.745. The number of aromatic nitrogens is 1. The minimum Gasteiger partial charge on any atom is -0.494 e. The van der Waals surface area contributed by atoms with Crippen LogP contribution in [0.1, 0.15) is 31.4 Å². The highest BCUT2D eigenvalue weighted by molar-refractivity contribution is 7.13. The van der Waals surface area contributed by atoms with Gasteiger partial charge in [0.1, 0.15) is 10.8 Å². The van der Waals surface area contributed by atoms with Crippen LogP contribution in [0.25, 0.3) is 10.6 Å². The van der Waals surface area contributed by atoms with Gasteiger partial charge in [-0.15, -0.1) is 11.3 Å². The summed E-state index contributed by atoms with van der Waals surface area (Å²) < 4.78 is 5.64. The molecule has 0 radical (unpaired) electrons. The average molecular weight is 305 g/mol. The lowest BCUT2D eigenvalue weighted by molar-refractivity contribution is -0.137. The first kappa shape index (κ1) is 15.5. The van der Waals surface area contributed by atoms with Crippen molar-refractivity contribution in [3.63, 3.8) is 0 Å². The number of hydrogen-bond acceptors (Lipinski definition) is 4. The van der Waals surface area contributed by atoms with Crippen LogP contribution in [-0.4, -0.2) is 22.7 Å². The second kappa shape index (κ2) is 7.78.